The largest absolute Gasteiger partial charge is 0.458 e. The number of para-hydroxylation sites is 4. The summed E-state index contributed by atoms with van der Waals surface area (Å²) in [7, 11) is 0. The predicted octanol–water partition coefficient (Wildman–Crippen LogP) is 16.0. The standard InChI is InChI=1S/C64H48N4O/c1-64(2,3)50-39-51(41-53(40-50)69-52-36-37-57-56-21-10-11-24-58(56)68(61(57)42-52)62-27-14-15-38-65-62)66-43-67(60-26-13-12-25-59(60)66)63-54(48-32-28-46(29-33-48)44-17-6-4-7-18-44)22-16-23-55(63)49-34-30-47(31-35-49)45-19-8-5-9-20-45/h4-42H,1-3H3. The van der Waals surface area contributed by atoms with Gasteiger partial charge in [-0.05, 0) is 104 Å². The second-order valence-corrected chi connectivity index (χ2v) is 18.6. The van der Waals surface area contributed by atoms with Crippen LogP contribution in [-0.4, -0.2) is 14.1 Å². The van der Waals surface area contributed by atoms with Gasteiger partial charge in [0.15, 0.2) is 0 Å². The van der Waals surface area contributed by atoms with Crippen molar-refractivity contribution in [1.29, 1.82) is 0 Å². The lowest BCUT2D eigenvalue weighted by Crippen LogP contribution is -2.31. The first kappa shape index (κ1) is 41.6. The molecule has 3 aromatic heterocycles. The summed E-state index contributed by atoms with van der Waals surface area (Å²) in [5.74, 6) is 2.35. The number of pyridine rings is 1. The van der Waals surface area contributed by atoms with Gasteiger partial charge in [-0.25, -0.2) is 4.98 Å². The van der Waals surface area contributed by atoms with Gasteiger partial charge in [-0.1, -0.05) is 197 Å². The van der Waals surface area contributed by atoms with E-state index in [9.17, 15) is 0 Å². The Morgan fingerprint density at radius 3 is 1.65 bits per heavy atom. The molecular weight excluding hydrogens is 841 g/mol. The van der Waals surface area contributed by atoms with E-state index in [0.717, 1.165) is 84.0 Å². The van der Waals surface area contributed by atoms with Crippen LogP contribution in [-0.2, 0) is 5.41 Å². The molecule has 0 saturated heterocycles. The molecule has 0 atom stereocenters. The maximum Gasteiger partial charge on any atom is 0.269 e. The molecule has 3 heterocycles. The average molecular weight is 889 g/mol. The highest BCUT2D eigenvalue weighted by molar-refractivity contribution is 6.09. The molecule has 12 aromatic rings. The number of rotatable bonds is 9. The van der Waals surface area contributed by atoms with Crippen LogP contribution in [0.1, 0.15) is 26.3 Å². The highest BCUT2D eigenvalue weighted by Crippen LogP contribution is 2.39. The minimum atomic E-state index is -0.181. The molecule has 0 bridgehead atoms. The Labute approximate surface area is 402 Å². The van der Waals surface area contributed by atoms with E-state index in [1.165, 1.54) is 27.6 Å². The number of hydrogen-bond donors (Lipinski definition) is 0. The molecule has 69 heavy (non-hydrogen) atoms. The van der Waals surface area contributed by atoms with E-state index >= 15 is 0 Å². The summed E-state index contributed by atoms with van der Waals surface area (Å²) < 4.78 is 13.6. The van der Waals surface area contributed by atoms with Gasteiger partial charge in [0.25, 0.3) is 6.33 Å². The Kier molecular flexibility index (Phi) is 10.3. The van der Waals surface area contributed by atoms with E-state index in [1.54, 1.807) is 0 Å². The van der Waals surface area contributed by atoms with Crippen LogP contribution in [0, 0.1) is 6.33 Å². The van der Waals surface area contributed by atoms with Crippen molar-refractivity contribution < 1.29 is 9.30 Å². The molecule has 9 aromatic carbocycles. The highest BCUT2D eigenvalue weighted by atomic mass is 16.5. The van der Waals surface area contributed by atoms with Crippen molar-refractivity contribution in [2.24, 2.45) is 0 Å². The zero-order valence-corrected chi connectivity index (χ0v) is 38.7. The van der Waals surface area contributed by atoms with Crippen LogP contribution in [0.5, 0.6) is 11.5 Å². The monoisotopic (exact) mass is 888 g/mol. The topological polar surface area (TPSA) is 35.9 Å². The molecule has 5 heteroatoms. The second-order valence-electron chi connectivity index (χ2n) is 18.6. The fourth-order valence-electron chi connectivity index (χ4n) is 9.70. The Morgan fingerprint density at radius 1 is 0.449 bits per heavy atom. The molecule has 330 valence electrons. The maximum atomic E-state index is 6.94. The van der Waals surface area contributed by atoms with E-state index in [4.69, 9.17) is 9.72 Å². The summed E-state index contributed by atoms with van der Waals surface area (Å²) in [4.78, 5) is 4.76. The van der Waals surface area contributed by atoms with Crippen molar-refractivity contribution in [3.05, 3.63) is 249 Å². The number of nitrogens with zero attached hydrogens (tertiary/aromatic N) is 4. The van der Waals surface area contributed by atoms with Gasteiger partial charge in [-0.3, -0.25) is 13.7 Å². The molecule has 0 unspecified atom stereocenters. The smallest absolute Gasteiger partial charge is 0.269 e. The normalized spacial score (nSPS) is 11.7. The Bertz CT molecular complexity index is 3710. The number of hydrogen-bond acceptors (Lipinski definition) is 2. The first-order valence-corrected chi connectivity index (χ1v) is 23.5. The van der Waals surface area contributed by atoms with E-state index in [1.807, 2.05) is 24.4 Å². The minimum Gasteiger partial charge on any atom is -0.458 e. The third-order valence-electron chi connectivity index (χ3n) is 13.2. The quantitative estimate of drug-likeness (QED) is 0.107. The predicted molar refractivity (Wildman–Crippen MR) is 283 cm³/mol. The molecule has 0 aliphatic heterocycles. The summed E-state index contributed by atoms with van der Waals surface area (Å²) in [6, 6.07) is 81.7. The van der Waals surface area contributed by atoms with Gasteiger partial charge in [-0.15, -0.1) is 0 Å². The molecule has 0 aliphatic carbocycles. The van der Waals surface area contributed by atoms with E-state index in [0.29, 0.717) is 0 Å². The Balaban J connectivity index is 1.01. The lowest BCUT2D eigenvalue weighted by Gasteiger charge is -2.22. The molecule has 0 aliphatic rings. The van der Waals surface area contributed by atoms with E-state index < -0.39 is 0 Å². The zero-order valence-electron chi connectivity index (χ0n) is 38.7. The molecular formula is C64H48N4O. The molecule has 0 spiro atoms. The Hall–Kier alpha value is -8.80. The number of ether oxygens (including phenoxy) is 1. The summed E-state index contributed by atoms with van der Waals surface area (Å²) >= 11 is 0. The first-order chi connectivity index (χ1) is 33.8. The molecule has 5 nitrogen and oxygen atoms in total. The number of imidazole rings is 1. The van der Waals surface area contributed by atoms with Gasteiger partial charge in [-0.2, -0.15) is 0 Å². The fraction of sp³-hybridized carbons (Fsp3) is 0.0625. The average Bonchev–Trinajstić information content (AvgIpc) is 3.95. The third kappa shape index (κ3) is 7.74. The van der Waals surface area contributed by atoms with E-state index in [2.05, 4.69) is 253 Å². The third-order valence-corrected chi connectivity index (χ3v) is 13.2. The maximum absolute atomic E-state index is 6.94. The van der Waals surface area contributed by atoms with Gasteiger partial charge >= 0.3 is 0 Å². The molecule has 0 N–H and O–H groups in total. The fourth-order valence-corrected chi connectivity index (χ4v) is 9.70. The van der Waals surface area contributed by atoms with Crippen molar-refractivity contribution in [3.63, 3.8) is 0 Å². The van der Waals surface area contributed by atoms with Gasteiger partial charge in [0.05, 0.1) is 33.4 Å². The van der Waals surface area contributed by atoms with E-state index in [-0.39, 0.29) is 5.41 Å². The molecule has 0 amide bonds. The van der Waals surface area contributed by atoms with Gasteiger partial charge < -0.3 is 4.74 Å². The summed E-state index contributed by atoms with van der Waals surface area (Å²) in [6.07, 6.45) is 5.76. The highest BCUT2D eigenvalue weighted by Gasteiger charge is 2.23. The number of aromatic nitrogens is 4. The van der Waals surface area contributed by atoms with Crippen LogP contribution in [0.2, 0.25) is 0 Å². The van der Waals surface area contributed by atoms with Crippen LogP contribution in [0.4, 0.5) is 0 Å². The van der Waals surface area contributed by atoms with Crippen LogP contribution in [0.3, 0.4) is 0 Å². The van der Waals surface area contributed by atoms with Crippen LogP contribution in [0.15, 0.2) is 237 Å². The number of benzene rings is 9. The van der Waals surface area contributed by atoms with Gasteiger partial charge in [0.2, 0.25) is 0 Å². The lowest BCUT2D eigenvalue weighted by atomic mass is 9.86. The summed E-state index contributed by atoms with van der Waals surface area (Å²) in [5.41, 5.74) is 16.3. The second kappa shape index (κ2) is 17.1. The van der Waals surface area contributed by atoms with Gasteiger partial charge in [0.1, 0.15) is 17.3 Å². The molecule has 0 fully saturated rings. The summed E-state index contributed by atoms with van der Waals surface area (Å²) in [5, 5.41) is 2.31. The van der Waals surface area contributed by atoms with Crippen LogP contribution in [0.25, 0.3) is 94.5 Å². The summed E-state index contributed by atoms with van der Waals surface area (Å²) in [6.45, 7) is 6.75. The Morgan fingerprint density at radius 2 is 1.01 bits per heavy atom. The zero-order chi connectivity index (χ0) is 46.5. The minimum absolute atomic E-state index is 0.181. The SMILES string of the molecule is CC(C)(C)c1cc(Oc2ccc3c4ccccc4n(-c4ccccn4)c3c2)cc(-n2[c-][n+](-c3c(-c4ccc(-c5ccccc5)cc4)cccc3-c3ccc(-c4ccccc4)cc3)c3ccccc32)c1. The molecule has 12 rings (SSSR count). The molecule has 0 saturated carbocycles. The van der Waals surface area contributed by atoms with Gasteiger partial charge in [0, 0.05) is 23.0 Å². The molecule has 0 radical (unpaired) electrons. The van der Waals surface area contributed by atoms with Crippen LogP contribution >= 0.6 is 0 Å². The lowest BCUT2D eigenvalue weighted by molar-refractivity contribution is -0.571. The number of fused-ring (bicyclic) bond motifs is 4. The van der Waals surface area contributed by atoms with Crippen molar-refractivity contribution in [3.8, 4) is 73.2 Å². The van der Waals surface area contributed by atoms with Crippen molar-refractivity contribution in [2.75, 3.05) is 0 Å². The van der Waals surface area contributed by atoms with Crippen molar-refractivity contribution in [2.45, 2.75) is 26.2 Å². The first-order valence-electron chi connectivity index (χ1n) is 23.5. The van der Waals surface area contributed by atoms with Crippen molar-refractivity contribution >= 4 is 32.8 Å². The van der Waals surface area contributed by atoms with Crippen LogP contribution < -0.4 is 9.30 Å². The van der Waals surface area contributed by atoms with Crippen molar-refractivity contribution in [1.82, 2.24) is 14.1 Å².